The summed E-state index contributed by atoms with van der Waals surface area (Å²) in [7, 11) is 0. The Morgan fingerprint density at radius 1 is 1.71 bits per heavy atom. The second-order valence-corrected chi connectivity index (χ2v) is 3.72. The minimum absolute atomic E-state index is 0.0868. The van der Waals surface area contributed by atoms with Gasteiger partial charge in [-0.05, 0) is 24.4 Å². The number of aliphatic carboxylic acids is 1. The van der Waals surface area contributed by atoms with E-state index in [9.17, 15) is 4.79 Å². The maximum absolute atomic E-state index is 10.6. The maximum Gasteiger partial charge on any atom is 0.305 e. The first-order valence-corrected chi connectivity index (χ1v) is 4.87. The van der Waals surface area contributed by atoms with Gasteiger partial charge in [-0.25, -0.2) is 9.67 Å². The maximum atomic E-state index is 10.6. The van der Waals surface area contributed by atoms with E-state index in [0.29, 0.717) is 0 Å². The summed E-state index contributed by atoms with van der Waals surface area (Å²) in [5, 5.41) is 12.9. The highest BCUT2D eigenvalue weighted by Crippen LogP contribution is 2.26. The number of carboxylic acid groups (broad SMARTS) is 1. The van der Waals surface area contributed by atoms with E-state index in [1.54, 1.807) is 4.68 Å². The average Bonchev–Trinajstić information content (AvgIpc) is 2.45. The molecular formula is C8H10ClN3O2. The molecule has 2 rings (SSSR count). The van der Waals surface area contributed by atoms with E-state index >= 15 is 0 Å². The van der Waals surface area contributed by atoms with Crippen LogP contribution >= 0.6 is 11.6 Å². The topological polar surface area (TPSA) is 68.0 Å². The summed E-state index contributed by atoms with van der Waals surface area (Å²) >= 11 is 5.66. The van der Waals surface area contributed by atoms with Gasteiger partial charge in [0.15, 0.2) is 0 Å². The molecule has 6 heteroatoms. The Labute approximate surface area is 85.7 Å². The molecule has 1 unspecified atom stereocenters. The predicted octanol–water partition coefficient (Wildman–Crippen LogP) is 1.28. The van der Waals surface area contributed by atoms with Crippen molar-refractivity contribution in [3.8, 4) is 0 Å². The lowest BCUT2D eigenvalue weighted by molar-refractivity contribution is -0.138. The molecule has 1 aliphatic heterocycles. The highest BCUT2D eigenvalue weighted by molar-refractivity contribution is 6.28. The molecule has 0 aromatic carbocycles. The highest BCUT2D eigenvalue weighted by Gasteiger charge is 2.24. The van der Waals surface area contributed by atoms with Gasteiger partial charge >= 0.3 is 5.97 Å². The van der Waals surface area contributed by atoms with E-state index < -0.39 is 5.97 Å². The summed E-state index contributed by atoms with van der Waals surface area (Å²) < 4.78 is 1.65. The Morgan fingerprint density at radius 3 is 3.21 bits per heavy atom. The quantitative estimate of drug-likeness (QED) is 0.807. The number of rotatable bonds is 2. The van der Waals surface area contributed by atoms with Gasteiger partial charge in [0.1, 0.15) is 5.82 Å². The average molecular weight is 216 g/mol. The van der Waals surface area contributed by atoms with Crippen molar-refractivity contribution in [2.24, 2.45) is 0 Å². The third kappa shape index (κ3) is 1.72. The van der Waals surface area contributed by atoms with Crippen molar-refractivity contribution < 1.29 is 9.90 Å². The smallest absolute Gasteiger partial charge is 0.305 e. The van der Waals surface area contributed by atoms with Crippen LogP contribution in [-0.4, -0.2) is 25.8 Å². The van der Waals surface area contributed by atoms with Crippen LogP contribution in [0.5, 0.6) is 0 Å². The number of carbonyl (C=O) groups is 1. The molecule has 0 amide bonds. The molecule has 1 aromatic heterocycles. The van der Waals surface area contributed by atoms with Crippen LogP contribution in [0.2, 0.25) is 5.28 Å². The minimum Gasteiger partial charge on any atom is -0.481 e. The second kappa shape index (κ2) is 3.57. The molecule has 0 radical (unpaired) electrons. The molecular weight excluding hydrogens is 206 g/mol. The number of aromatic nitrogens is 3. The Hall–Kier alpha value is -1.10. The first-order valence-electron chi connectivity index (χ1n) is 4.49. The summed E-state index contributed by atoms with van der Waals surface area (Å²) in [5.41, 5.74) is 0. The van der Waals surface area contributed by atoms with E-state index in [2.05, 4.69) is 10.1 Å². The van der Waals surface area contributed by atoms with Crippen molar-refractivity contribution in [3.05, 3.63) is 11.1 Å². The molecule has 0 spiro atoms. The normalized spacial score (nSPS) is 20.5. The van der Waals surface area contributed by atoms with Gasteiger partial charge < -0.3 is 5.11 Å². The van der Waals surface area contributed by atoms with Crippen molar-refractivity contribution in [1.82, 2.24) is 14.8 Å². The zero-order valence-corrected chi connectivity index (χ0v) is 8.24. The summed E-state index contributed by atoms with van der Waals surface area (Å²) in [4.78, 5) is 14.6. The van der Waals surface area contributed by atoms with Crippen molar-refractivity contribution in [2.75, 3.05) is 0 Å². The predicted molar refractivity (Wildman–Crippen MR) is 49.3 cm³/mol. The van der Waals surface area contributed by atoms with Gasteiger partial charge in [-0.1, -0.05) is 0 Å². The Bertz CT molecular complexity index is 363. The van der Waals surface area contributed by atoms with Crippen LogP contribution in [0.1, 0.15) is 31.1 Å². The van der Waals surface area contributed by atoms with E-state index in [1.807, 2.05) is 0 Å². The van der Waals surface area contributed by atoms with Crippen LogP contribution in [0.4, 0.5) is 0 Å². The Kier molecular flexibility index (Phi) is 2.41. The first-order chi connectivity index (χ1) is 6.66. The van der Waals surface area contributed by atoms with Gasteiger partial charge in [0.2, 0.25) is 5.28 Å². The van der Waals surface area contributed by atoms with Gasteiger partial charge in [-0.3, -0.25) is 4.79 Å². The van der Waals surface area contributed by atoms with Crippen molar-refractivity contribution >= 4 is 17.6 Å². The molecule has 0 saturated heterocycles. The third-order valence-electron chi connectivity index (χ3n) is 2.37. The monoisotopic (exact) mass is 215 g/mol. The number of carboxylic acids is 1. The van der Waals surface area contributed by atoms with E-state index in [-0.39, 0.29) is 17.7 Å². The number of halogens is 1. The molecule has 76 valence electrons. The summed E-state index contributed by atoms with van der Waals surface area (Å²) in [6, 6.07) is -0.0868. The van der Waals surface area contributed by atoms with E-state index in [1.165, 1.54) is 0 Å². The third-order valence-corrected chi connectivity index (χ3v) is 2.53. The lowest BCUT2D eigenvalue weighted by Gasteiger charge is -2.21. The number of nitrogens with zero attached hydrogens (tertiary/aromatic N) is 3. The molecule has 2 heterocycles. The number of fused-ring (bicyclic) bond motifs is 1. The van der Waals surface area contributed by atoms with Gasteiger partial charge in [0, 0.05) is 6.42 Å². The highest BCUT2D eigenvalue weighted by atomic mass is 35.5. The molecule has 1 N–H and O–H groups in total. The van der Waals surface area contributed by atoms with Crippen molar-refractivity contribution in [1.29, 1.82) is 0 Å². The second-order valence-electron chi connectivity index (χ2n) is 3.39. The van der Waals surface area contributed by atoms with Crippen molar-refractivity contribution in [2.45, 2.75) is 31.7 Å². The Balaban J connectivity index is 2.25. The number of aryl methyl sites for hydroxylation is 1. The number of hydrogen-bond acceptors (Lipinski definition) is 3. The van der Waals surface area contributed by atoms with Crippen molar-refractivity contribution in [3.63, 3.8) is 0 Å². The molecule has 14 heavy (non-hydrogen) atoms. The molecule has 0 fully saturated rings. The summed E-state index contributed by atoms with van der Waals surface area (Å²) in [6.45, 7) is 0. The molecule has 5 nitrogen and oxygen atoms in total. The molecule has 1 aliphatic rings. The number of hydrogen-bond donors (Lipinski definition) is 1. The van der Waals surface area contributed by atoms with Crippen LogP contribution in [-0.2, 0) is 11.2 Å². The zero-order valence-electron chi connectivity index (χ0n) is 7.48. The standard InChI is InChI=1S/C8H10ClN3O2/c9-8-10-6-3-1-2-5(4-7(13)14)12(6)11-8/h5H,1-4H2,(H,13,14). The van der Waals surface area contributed by atoms with Gasteiger partial charge in [-0.2, -0.15) is 0 Å². The largest absolute Gasteiger partial charge is 0.481 e. The fraction of sp³-hybridized carbons (Fsp3) is 0.625. The molecule has 1 atom stereocenters. The first kappa shape index (κ1) is 9.45. The zero-order chi connectivity index (χ0) is 10.1. The van der Waals surface area contributed by atoms with Gasteiger partial charge in [0.25, 0.3) is 0 Å². The van der Waals surface area contributed by atoms with E-state index in [4.69, 9.17) is 16.7 Å². The molecule has 0 aliphatic carbocycles. The van der Waals surface area contributed by atoms with Gasteiger partial charge in [-0.15, -0.1) is 5.10 Å². The lowest BCUT2D eigenvalue weighted by atomic mass is 10.0. The molecule has 1 aromatic rings. The van der Waals surface area contributed by atoms with E-state index in [0.717, 1.165) is 25.1 Å². The summed E-state index contributed by atoms with van der Waals surface area (Å²) in [6.07, 6.45) is 2.70. The fourth-order valence-corrected chi connectivity index (χ4v) is 1.98. The molecule has 0 saturated carbocycles. The summed E-state index contributed by atoms with van der Waals surface area (Å²) in [5.74, 6) is -0.0121. The van der Waals surface area contributed by atoms with Crippen LogP contribution in [0.3, 0.4) is 0 Å². The SMILES string of the molecule is O=C(O)CC1CCCc2nc(Cl)nn21. The Morgan fingerprint density at radius 2 is 2.50 bits per heavy atom. The lowest BCUT2D eigenvalue weighted by Crippen LogP contribution is -2.21. The van der Waals surface area contributed by atoms with Crippen LogP contribution in [0.25, 0.3) is 0 Å². The van der Waals surface area contributed by atoms with Crippen LogP contribution < -0.4 is 0 Å². The van der Waals surface area contributed by atoms with Crippen LogP contribution in [0.15, 0.2) is 0 Å². The van der Waals surface area contributed by atoms with Crippen LogP contribution in [0, 0.1) is 0 Å². The molecule has 0 bridgehead atoms. The van der Waals surface area contributed by atoms with Gasteiger partial charge in [0.05, 0.1) is 12.5 Å². The fourth-order valence-electron chi connectivity index (χ4n) is 1.80. The minimum atomic E-state index is -0.811.